The molecule has 3 heteroatoms. The van der Waals surface area contributed by atoms with Crippen molar-refractivity contribution < 1.29 is 9.53 Å². The van der Waals surface area contributed by atoms with E-state index in [0.717, 1.165) is 16.9 Å². The third-order valence-electron chi connectivity index (χ3n) is 2.77. The zero-order chi connectivity index (χ0) is 14.6. The fourth-order valence-electron chi connectivity index (χ4n) is 1.76. The van der Waals surface area contributed by atoms with E-state index >= 15 is 0 Å². The maximum absolute atomic E-state index is 12.2. The minimum atomic E-state index is -0.445. The van der Waals surface area contributed by atoms with Crippen molar-refractivity contribution in [1.29, 1.82) is 0 Å². The minimum absolute atomic E-state index is 0.0593. The lowest BCUT2D eigenvalue weighted by atomic mass is 10.1. The van der Waals surface area contributed by atoms with Crippen molar-refractivity contribution in [3.8, 4) is 5.75 Å². The van der Waals surface area contributed by atoms with Crippen LogP contribution >= 0.6 is 0 Å². The Morgan fingerprint density at radius 3 is 2.47 bits per heavy atom. The summed E-state index contributed by atoms with van der Waals surface area (Å²) < 4.78 is 5.87. The number of benzene rings is 1. The van der Waals surface area contributed by atoms with Gasteiger partial charge in [-0.15, -0.1) is 0 Å². The van der Waals surface area contributed by atoms with Gasteiger partial charge < -0.3 is 10.1 Å². The first-order valence-electron chi connectivity index (χ1n) is 6.79. The van der Waals surface area contributed by atoms with Gasteiger partial charge in [0.05, 0.1) is 0 Å². The highest BCUT2D eigenvalue weighted by Crippen LogP contribution is 2.21. The van der Waals surface area contributed by atoms with Crippen LogP contribution in [0.15, 0.2) is 18.2 Å². The molecule has 1 amide bonds. The van der Waals surface area contributed by atoms with Crippen molar-refractivity contribution in [1.82, 2.24) is 5.32 Å². The summed E-state index contributed by atoms with van der Waals surface area (Å²) in [5.74, 6) is 0.729. The predicted octanol–water partition coefficient (Wildman–Crippen LogP) is 3.38. The molecule has 106 valence electrons. The zero-order valence-corrected chi connectivity index (χ0v) is 12.8. The van der Waals surface area contributed by atoms with Crippen molar-refractivity contribution in [2.24, 2.45) is 0 Å². The first kappa shape index (κ1) is 15.5. The van der Waals surface area contributed by atoms with Gasteiger partial charge in [0.2, 0.25) is 0 Å². The summed E-state index contributed by atoms with van der Waals surface area (Å²) in [4.78, 5) is 12.2. The topological polar surface area (TPSA) is 38.3 Å². The molecule has 0 saturated carbocycles. The molecule has 0 aliphatic heterocycles. The number of carbonyl (C=O) groups excluding carboxylic acids is 1. The second kappa shape index (κ2) is 6.09. The number of aryl methyl sites for hydroxylation is 2. The van der Waals surface area contributed by atoms with Gasteiger partial charge in [-0.2, -0.15) is 0 Å². The maximum atomic E-state index is 12.2. The minimum Gasteiger partial charge on any atom is -0.480 e. The highest BCUT2D eigenvalue weighted by atomic mass is 16.5. The van der Waals surface area contributed by atoms with E-state index in [4.69, 9.17) is 4.74 Å². The molecule has 0 spiro atoms. The highest BCUT2D eigenvalue weighted by molar-refractivity contribution is 5.81. The van der Waals surface area contributed by atoms with E-state index in [0.29, 0.717) is 6.42 Å². The third kappa shape index (κ3) is 4.93. The van der Waals surface area contributed by atoms with E-state index in [9.17, 15) is 4.79 Å². The molecule has 0 saturated heterocycles. The number of rotatable bonds is 4. The first-order chi connectivity index (χ1) is 8.73. The summed E-state index contributed by atoms with van der Waals surface area (Å²) in [5, 5.41) is 2.96. The van der Waals surface area contributed by atoms with E-state index in [1.165, 1.54) is 0 Å². The van der Waals surface area contributed by atoms with E-state index in [1.54, 1.807) is 0 Å². The van der Waals surface area contributed by atoms with Crippen LogP contribution in [0.3, 0.4) is 0 Å². The molecule has 0 fully saturated rings. The van der Waals surface area contributed by atoms with E-state index in [1.807, 2.05) is 59.7 Å². The number of hydrogen-bond acceptors (Lipinski definition) is 2. The standard InChI is InChI=1S/C16H25NO2/c1-7-13(15(18)17-16(4,5)6)19-14-10-11(2)8-9-12(14)3/h8-10,13H,7H2,1-6H3,(H,17,18)/t13-/m1/s1. The lowest BCUT2D eigenvalue weighted by Gasteiger charge is -2.25. The summed E-state index contributed by atoms with van der Waals surface area (Å²) in [7, 11) is 0. The summed E-state index contributed by atoms with van der Waals surface area (Å²) in [6.07, 6.45) is 0.203. The second-order valence-electron chi connectivity index (χ2n) is 6.02. The molecular weight excluding hydrogens is 238 g/mol. The molecule has 1 atom stereocenters. The molecule has 19 heavy (non-hydrogen) atoms. The van der Waals surface area contributed by atoms with Crippen LogP contribution in [0.4, 0.5) is 0 Å². The highest BCUT2D eigenvalue weighted by Gasteiger charge is 2.23. The van der Waals surface area contributed by atoms with Gasteiger partial charge in [-0.3, -0.25) is 4.79 Å². The summed E-state index contributed by atoms with van der Waals surface area (Å²) >= 11 is 0. The quantitative estimate of drug-likeness (QED) is 0.904. The van der Waals surface area contributed by atoms with Gasteiger partial charge in [0.25, 0.3) is 5.91 Å². The lowest BCUT2D eigenvalue weighted by molar-refractivity contribution is -0.129. The van der Waals surface area contributed by atoms with Crippen LogP contribution in [0.5, 0.6) is 5.75 Å². The lowest BCUT2D eigenvalue weighted by Crippen LogP contribution is -2.47. The number of amides is 1. The van der Waals surface area contributed by atoms with Gasteiger partial charge >= 0.3 is 0 Å². The smallest absolute Gasteiger partial charge is 0.261 e. The Kier molecular flexibility index (Phi) is 4.98. The Labute approximate surface area is 116 Å². The molecule has 0 heterocycles. The number of carbonyl (C=O) groups is 1. The summed E-state index contributed by atoms with van der Waals surface area (Å²) in [6, 6.07) is 6.03. The molecule has 0 aromatic heterocycles. The summed E-state index contributed by atoms with van der Waals surface area (Å²) in [6.45, 7) is 11.9. The number of nitrogens with one attached hydrogen (secondary N) is 1. The van der Waals surface area contributed by atoms with Gasteiger partial charge in [0.1, 0.15) is 5.75 Å². The van der Waals surface area contributed by atoms with E-state index in [-0.39, 0.29) is 11.4 Å². The molecule has 0 aliphatic rings. The monoisotopic (exact) mass is 263 g/mol. The van der Waals surface area contributed by atoms with Gasteiger partial charge in [-0.1, -0.05) is 19.1 Å². The first-order valence-corrected chi connectivity index (χ1v) is 6.79. The van der Waals surface area contributed by atoms with Crippen LogP contribution in [0, 0.1) is 13.8 Å². The molecule has 0 radical (unpaired) electrons. The Morgan fingerprint density at radius 1 is 1.32 bits per heavy atom. The summed E-state index contributed by atoms with van der Waals surface area (Å²) in [5.41, 5.74) is 1.94. The molecule has 1 aromatic rings. The van der Waals surface area contributed by atoms with Crippen LogP contribution in [-0.2, 0) is 4.79 Å². The van der Waals surface area contributed by atoms with Crippen LogP contribution < -0.4 is 10.1 Å². The zero-order valence-electron chi connectivity index (χ0n) is 12.8. The third-order valence-corrected chi connectivity index (χ3v) is 2.77. The predicted molar refractivity (Wildman–Crippen MR) is 78.5 cm³/mol. The van der Waals surface area contributed by atoms with Gasteiger partial charge in [0, 0.05) is 5.54 Å². The maximum Gasteiger partial charge on any atom is 0.261 e. The largest absolute Gasteiger partial charge is 0.480 e. The van der Waals surface area contributed by atoms with Crippen molar-refractivity contribution in [2.45, 2.75) is 59.6 Å². The number of hydrogen-bond donors (Lipinski definition) is 1. The molecule has 0 aliphatic carbocycles. The van der Waals surface area contributed by atoms with E-state index in [2.05, 4.69) is 5.32 Å². The molecular formula is C16H25NO2. The van der Waals surface area contributed by atoms with Gasteiger partial charge in [-0.05, 0) is 58.2 Å². The molecule has 3 nitrogen and oxygen atoms in total. The van der Waals surface area contributed by atoms with Crippen LogP contribution in [0.2, 0.25) is 0 Å². The van der Waals surface area contributed by atoms with Crippen LogP contribution in [0.25, 0.3) is 0 Å². The van der Waals surface area contributed by atoms with Crippen LogP contribution in [0.1, 0.15) is 45.2 Å². The Hall–Kier alpha value is -1.51. The molecule has 0 unspecified atom stereocenters. The van der Waals surface area contributed by atoms with E-state index < -0.39 is 6.10 Å². The van der Waals surface area contributed by atoms with Crippen molar-refractivity contribution in [3.05, 3.63) is 29.3 Å². The van der Waals surface area contributed by atoms with Crippen molar-refractivity contribution in [2.75, 3.05) is 0 Å². The Morgan fingerprint density at radius 2 is 1.95 bits per heavy atom. The fourth-order valence-corrected chi connectivity index (χ4v) is 1.76. The SMILES string of the molecule is CC[C@@H](Oc1cc(C)ccc1C)C(=O)NC(C)(C)C. The van der Waals surface area contributed by atoms with Crippen molar-refractivity contribution >= 4 is 5.91 Å². The molecule has 1 N–H and O–H groups in total. The van der Waals surface area contributed by atoms with Crippen molar-refractivity contribution in [3.63, 3.8) is 0 Å². The van der Waals surface area contributed by atoms with Crippen LogP contribution in [-0.4, -0.2) is 17.6 Å². The van der Waals surface area contributed by atoms with Gasteiger partial charge in [0.15, 0.2) is 6.10 Å². The average Bonchev–Trinajstić information content (AvgIpc) is 2.27. The normalized spacial score (nSPS) is 12.9. The number of ether oxygens (including phenoxy) is 1. The molecule has 1 rings (SSSR count). The Bertz CT molecular complexity index is 447. The molecule has 1 aromatic carbocycles. The molecule has 0 bridgehead atoms. The van der Waals surface area contributed by atoms with Gasteiger partial charge in [-0.25, -0.2) is 0 Å². The second-order valence-corrected chi connectivity index (χ2v) is 6.02. The fraction of sp³-hybridized carbons (Fsp3) is 0.562. The average molecular weight is 263 g/mol. The Balaban J connectivity index is 2.82.